The summed E-state index contributed by atoms with van der Waals surface area (Å²) in [5.74, 6) is -3.06. The Kier molecular flexibility index (Phi) is 9.61. The maximum Gasteiger partial charge on any atom is 0.356 e. The van der Waals surface area contributed by atoms with Crippen LogP contribution in [0, 0.1) is 10.1 Å². The lowest BCUT2D eigenvalue weighted by Gasteiger charge is -2.53. The number of β-lactam (4-membered cyclic amide) rings is 1. The Labute approximate surface area is 268 Å². The quantitative estimate of drug-likeness (QED) is 0.0559. The van der Waals surface area contributed by atoms with Crippen LogP contribution in [0.4, 0.5) is 5.69 Å². The Balaban J connectivity index is 1.53. The van der Waals surface area contributed by atoms with Gasteiger partial charge in [-0.2, -0.15) is 0 Å². The number of hydrogen-bond acceptors (Lipinski definition) is 11. The largest absolute Gasteiger partial charge is 0.464 e. The smallest absolute Gasteiger partial charge is 0.356 e. The summed E-state index contributed by atoms with van der Waals surface area (Å²) in [7, 11) is 0. The number of rotatable bonds is 11. The molecule has 0 aliphatic carbocycles. The summed E-state index contributed by atoms with van der Waals surface area (Å²) in [5, 5.41) is 10.1. The highest BCUT2D eigenvalue weighted by atomic mass is 32.2. The molecule has 0 N–H and O–H groups in total. The van der Waals surface area contributed by atoms with Gasteiger partial charge in [0.15, 0.2) is 6.10 Å². The molecule has 46 heavy (non-hydrogen) atoms. The van der Waals surface area contributed by atoms with Crippen molar-refractivity contribution in [2.24, 2.45) is 4.99 Å². The van der Waals surface area contributed by atoms with Crippen LogP contribution in [0.15, 0.2) is 101 Å². The van der Waals surface area contributed by atoms with Gasteiger partial charge in [-0.1, -0.05) is 60.7 Å². The maximum atomic E-state index is 14.1. The Bertz CT molecular complexity index is 1670. The number of fused-ring (bicyclic) bond motifs is 1. The van der Waals surface area contributed by atoms with E-state index >= 15 is 0 Å². The molecule has 0 saturated carbocycles. The fourth-order valence-electron chi connectivity index (χ4n) is 5.10. The van der Waals surface area contributed by atoms with Crippen molar-refractivity contribution in [2.75, 3.05) is 19.0 Å². The Morgan fingerprint density at radius 3 is 2.17 bits per heavy atom. The summed E-state index contributed by atoms with van der Waals surface area (Å²) < 4.78 is 16.6. The van der Waals surface area contributed by atoms with Crippen LogP contribution in [0.1, 0.15) is 36.6 Å². The number of ether oxygens (including phenoxy) is 3. The van der Waals surface area contributed by atoms with Gasteiger partial charge in [0.2, 0.25) is 0 Å². The Morgan fingerprint density at radius 2 is 1.63 bits per heavy atom. The van der Waals surface area contributed by atoms with Gasteiger partial charge in [0.25, 0.3) is 17.1 Å². The minimum Gasteiger partial charge on any atom is -0.464 e. The number of non-ortho nitro benzene ring substituents is 1. The molecule has 2 atom stereocenters. The SMILES string of the molecule is CCOC(=O)C1(N=Cc2ccc([N+](=O)[O-])cc2)C(=O)N2C(C(=O)OC(c3ccccc3)c3ccccc3)=C(COC(C)=O)CS[C@@H]21. The fraction of sp³-hybridized carbons (Fsp3) is 0.242. The summed E-state index contributed by atoms with van der Waals surface area (Å²) in [6, 6.07) is 23.6. The second-order valence-electron chi connectivity index (χ2n) is 10.3. The lowest BCUT2D eigenvalue weighted by atomic mass is 9.86. The number of aliphatic imine (C=N–C) groups is 1. The number of nitro groups is 1. The maximum absolute atomic E-state index is 14.1. The molecule has 5 rings (SSSR count). The monoisotopic (exact) mass is 643 g/mol. The van der Waals surface area contributed by atoms with Gasteiger partial charge in [0, 0.05) is 36.6 Å². The van der Waals surface area contributed by atoms with E-state index in [2.05, 4.69) is 4.99 Å². The van der Waals surface area contributed by atoms with Crippen LogP contribution in [0.3, 0.4) is 0 Å². The number of thioether (sulfide) groups is 1. The number of benzene rings is 3. The molecule has 0 aromatic heterocycles. The van der Waals surface area contributed by atoms with Gasteiger partial charge in [0.05, 0.1) is 11.5 Å². The van der Waals surface area contributed by atoms with Crippen LogP contribution in [-0.2, 0) is 33.4 Å². The first-order valence-corrected chi connectivity index (χ1v) is 15.3. The van der Waals surface area contributed by atoms with Crippen molar-refractivity contribution in [1.29, 1.82) is 0 Å². The number of nitrogens with zero attached hydrogens (tertiary/aromatic N) is 3. The van der Waals surface area contributed by atoms with E-state index in [1.54, 1.807) is 6.92 Å². The van der Waals surface area contributed by atoms with E-state index in [0.29, 0.717) is 22.3 Å². The van der Waals surface area contributed by atoms with Crippen LogP contribution >= 0.6 is 11.8 Å². The minimum atomic E-state index is -2.04. The zero-order chi connectivity index (χ0) is 32.8. The lowest BCUT2D eigenvalue weighted by molar-refractivity contribution is -0.384. The van der Waals surface area contributed by atoms with E-state index in [-0.39, 0.29) is 30.4 Å². The van der Waals surface area contributed by atoms with E-state index < -0.39 is 45.8 Å². The van der Waals surface area contributed by atoms with Crippen LogP contribution in [0.5, 0.6) is 0 Å². The molecule has 0 bridgehead atoms. The third-order valence-electron chi connectivity index (χ3n) is 7.31. The third-order valence-corrected chi connectivity index (χ3v) is 8.69. The predicted octanol–water partition coefficient (Wildman–Crippen LogP) is 4.38. The van der Waals surface area contributed by atoms with E-state index in [4.69, 9.17) is 14.2 Å². The average molecular weight is 644 g/mol. The van der Waals surface area contributed by atoms with Gasteiger partial charge in [-0.05, 0) is 35.7 Å². The zero-order valence-corrected chi connectivity index (χ0v) is 25.7. The summed E-state index contributed by atoms with van der Waals surface area (Å²) in [5.41, 5.74) is -0.212. The molecule has 12 nitrogen and oxygen atoms in total. The molecule has 2 heterocycles. The molecular weight excluding hydrogens is 614 g/mol. The molecule has 1 amide bonds. The van der Waals surface area contributed by atoms with Gasteiger partial charge in [0.1, 0.15) is 17.7 Å². The first-order valence-electron chi connectivity index (χ1n) is 14.3. The van der Waals surface area contributed by atoms with E-state index in [1.807, 2.05) is 60.7 Å². The molecule has 3 aromatic rings. The summed E-state index contributed by atoms with van der Waals surface area (Å²) in [6.45, 7) is 2.51. The summed E-state index contributed by atoms with van der Waals surface area (Å²) >= 11 is 1.16. The average Bonchev–Trinajstić information content (AvgIpc) is 3.07. The molecule has 1 fully saturated rings. The fourth-order valence-corrected chi connectivity index (χ4v) is 6.52. The zero-order valence-electron chi connectivity index (χ0n) is 24.9. The van der Waals surface area contributed by atoms with Crippen LogP contribution in [-0.4, -0.2) is 69.7 Å². The first kappa shape index (κ1) is 32.1. The van der Waals surface area contributed by atoms with Crippen molar-refractivity contribution >= 4 is 47.5 Å². The lowest BCUT2D eigenvalue weighted by Crippen LogP contribution is -2.76. The second kappa shape index (κ2) is 13.8. The van der Waals surface area contributed by atoms with Gasteiger partial charge < -0.3 is 14.2 Å². The van der Waals surface area contributed by atoms with Crippen molar-refractivity contribution in [3.05, 3.63) is 123 Å². The standard InChI is InChI=1S/C33H29N3O9S/c1-3-43-32(40)33(34-18-22-14-16-26(17-15-22)36(41)42)30(39)35-27(25(19-44-21(2)37)20-46-31(33)35)29(38)45-28(23-10-6-4-7-11-23)24-12-8-5-9-13-24/h4-18,28,31H,3,19-20H2,1-2H3/t31-,33?/m1/s1. The normalized spacial score (nSPS) is 19.0. The predicted molar refractivity (Wildman–Crippen MR) is 168 cm³/mol. The van der Waals surface area contributed by atoms with Crippen molar-refractivity contribution < 1.29 is 38.3 Å². The van der Waals surface area contributed by atoms with E-state index in [9.17, 15) is 29.3 Å². The van der Waals surface area contributed by atoms with Crippen LogP contribution in [0.2, 0.25) is 0 Å². The molecule has 1 saturated heterocycles. The Hall–Kier alpha value is -5.30. The summed E-state index contributed by atoms with van der Waals surface area (Å²) in [6.07, 6.45) is 0.435. The second-order valence-corrected chi connectivity index (χ2v) is 11.3. The molecule has 2 aliphatic heterocycles. The van der Waals surface area contributed by atoms with Crippen molar-refractivity contribution in [2.45, 2.75) is 30.9 Å². The van der Waals surface area contributed by atoms with Crippen molar-refractivity contribution in [3.63, 3.8) is 0 Å². The van der Waals surface area contributed by atoms with Crippen molar-refractivity contribution in [3.8, 4) is 0 Å². The van der Waals surface area contributed by atoms with E-state index in [1.165, 1.54) is 37.4 Å². The molecule has 0 radical (unpaired) electrons. The number of carbonyl (C=O) groups excluding carboxylic acids is 4. The highest BCUT2D eigenvalue weighted by Gasteiger charge is 2.70. The van der Waals surface area contributed by atoms with E-state index in [0.717, 1.165) is 16.7 Å². The third kappa shape index (κ3) is 6.26. The van der Waals surface area contributed by atoms with Gasteiger partial charge in [-0.25, -0.2) is 9.59 Å². The Morgan fingerprint density at radius 1 is 1.02 bits per heavy atom. The number of hydrogen-bond donors (Lipinski definition) is 0. The van der Waals surface area contributed by atoms with Gasteiger partial charge in [-0.15, -0.1) is 11.8 Å². The van der Waals surface area contributed by atoms with Gasteiger partial charge in [-0.3, -0.25) is 29.6 Å². The van der Waals surface area contributed by atoms with Crippen molar-refractivity contribution in [1.82, 2.24) is 4.90 Å². The molecule has 0 spiro atoms. The number of esters is 3. The minimum absolute atomic E-state index is 0.0312. The number of amides is 1. The molecule has 2 aliphatic rings. The van der Waals surface area contributed by atoms with Gasteiger partial charge >= 0.3 is 17.9 Å². The molecular formula is C33H29N3O9S. The molecule has 13 heteroatoms. The highest BCUT2D eigenvalue weighted by Crippen LogP contribution is 2.49. The summed E-state index contributed by atoms with van der Waals surface area (Å²) in [4.78, 5) is 69.3. The molecule has 1 unspecified atom stereocenters. The first-order chi connectivity index (χ1) is 22.2. The number of nitro benzene ring substituents is 1. The molecule has 236 valence electrons. The number of carbonyl (C=O) groups is 4. The molecule has 3 aromatic carbocycles. The highest BCUT2D eigenvalue weighted by molar-refractivity contribution is 8.00. The van der Waals surface area contributed by atoms with Crippen LogP contribution in [0.25, 0.3) is 0 Å². The topological polar surface area (TPSA) is 155 Å². The van der Waals surface area contributed by atoms with Crippen LogP contribution < -0.4 is 0 Å².